The second-order valence-corrected chi connectivity index (χ2v) is 10.1. The highest BCUT2D eigenvalue weighted by Gasteiger charge is 2.28. The van der Waals surface area contributed by atoms with Crippen molar-refractivity contribution in [1.29, 1.82) is 0 Å². The number of carbonyl (C=O) groups excluding carboxylic acids is 1. The van der Waals surface area contributed by atoms with E-state index in [1.807, 2.05) is 42.0 Å². The standard InChI is InChI=1S/C23H25ClN4O3S/c1-17-25-11-14-28(17)21-8-4-3-7-19(21)16-26-23(29)18-9-10-20(24)22(15-18)32(30,31)27-12-5-2-6-13-27/h3-4,7-11,14-15H,2,5-6,12-13,16H2,1H3,(H,26,29). The number of nitrogens with zero attached hydrogens (tertiary/aromatic N) is 3. The average Bonchev–Trinajstić information content (AvgIpc) is 3.24. The maximum absolute atomic E-state index is 13.1. The van der Waals surface area contributed by atoms with E-state index in [2.05, 4.69) is 10.3 Å². The van der Waals surface area contributed by atoms with Gasteiger partial charge in [-0.05, 0) is 49.6 Å². The molecule has 0 spiro atoms. The van der Waals surface area contributed by atoms with Gasteiger partial charge in [-0.25, -0.2) is 13.4 Å². The summed E-state index contributed by atoms with van der Waals surface area (Å²) in [6.07, 6.45) is 6.26. The van der Waals surface area contributed by atoms with Gasteiger partial charge in [-0.2, -0.15) is 4.31 Å². The zero-order chi connectivity index (χ0) is 22.7. The molecule has 32 heavy (non-hydrogen) atoms. The zero-order valence-corrected chi connectivity index (χ0v) is 19.4. The third-order valence-corrected chi connectivity index (χ3v) is 8.02. The maximum atomic E-state index is 13.1. The predicted octanol–water partition coefficient (Wildman–Crippen LogP) is 3.94. The lowest BCUT2D eigenvalue weighted by atomic mass is 10.1. The first-order valence-corrected chi connectivity index (χ1v) is 12.4. The minimum absolute atomic E-state index is 0.0249. The Hall–Kier alpha value is -2.68. The number of nitrogens with one attached hydrogen (secondary N) is 1. The van der Waals surface area contributed by atoms with Crippen molar-refractivity contribution in [2.45, 2.75) is 37.6 Å². The van der Waals surface area contributed by atoms with Crippen molar-refractivity contribution >= 4 is 27.5 Å². The van der Waals surface area contributed by atoms with E-state index >= 15 is 0 Å². The monoisotopic (exact) mass is 472 g/mol. The number of sulfonamides is 1. The molecule has 1 fully saturated rings. The van der Waals surface area contributed by atoms with Crippen molar-refractivity contribution in [2.75, 3.05) is 13.1 Å². The number of para-hydroxylation sites is 1. The summed E-state index contributed by atoms with van der Waals surface area (Å²) < 4.78 is 29.5. The molecule has 0 saturated carbocycles. The predicted molar refractivity (Wildman–Crippen MR) is 124 cm³/mol. The van der Waals surface area contributed by atoms with Gasteiger partial charge >= 0.3 is 0 Å². The number of piperidine rings is 1. The summed E-state index contributed by atoms with van der Waals surface area (Å²) in [5.74, 6) is 0.475. The van der Waals surface area contributed by atoms with Crippen molar-refractivity contribution < 1.29 is 13.2 Å². The smallest absolute Gasteiger partial charge is 0.251 e. The van der Waals surface area contributed by atoms with Crippen LogP contribution in [0.15, 0.2) is 59.8 Å². The van der Waals surface area contributed by atoms with E-state index in [-0.39, 0.29) is 27.9 Å². The third-order valence-electron chi connectivity index (χ3n) is 5.64. The fourth-order valence-electron chi connectivity index (χ4n) is 3.89. The van der Waals surface area contributed by atoms with Crippen LogP contribution in [0, 0.1) is 6.92 Å². The molecule has 168 valence electrons. The topological polar surface area (TPSA) is 84.3 Å². The Balaban J connectivity index is 1.54. The van der Waals surface area contributed by atoms with Gasteiger partial charge in [0, 0.05) is 37.6 Å². The van der Waals surface area contributed by atoms with Gasteiger partial charge in [0.25, 0.3) is 5.91 Å². The Morgan fingerprint density at radius 2 is 1.88 bits per heavy atom. The van der Waals surface area contributed by atoms with Crippen molar-refractivity contribution in [3.8, 4) is 5.69 Å². The number of carbonyl (C=O) groups is 1. The van der Waals surface area contributed by atoms with Gasteiger partial charge in [-0.3, -0.25) is 4.79 Å². The van der Waals surface area contributed by atoms with E-state index in [0.717, 1.165) is 36.3 Å². The summed E-state index contributed by atoms with van der Waals surface area (Å²) >= 11 is 6.22. The van der Waals surface area contributed by atoms with Crippen LogP contribution < -0.4 is 5.32 Å². The molecule has 7 nitrogen and oxygen atoms in total. The zero-order valence-electron chi connectivity index (χ0n) is 17.8. The van der Waals surface area contributed by atoms with Gasteiger partial charge in [0.15, 0.2) is 0 Å². The highest BCUT2D eigenvalue weighted by molar-refractivity contribution is 7.89. The summed E-state index contributed by atoms with van der Waals surface area (Å²) in [5, 5.41) is 3.01. The normalized spacial score (nSPS) is 14.9. The van der Waals surface area contributed by atoms with Crippen molar-refractivity contribution in [2.24, 2.45) is 0 Å². The largest absolute Gasteiger partial charge is 0.348 e. The summed E-state index contributed by atoms with van der Waals surface area (Å²) in [5.41, 5.74) is 2.09. The van der Waals surface area contributed by atoms with Crippen LogP contribution in [-0.4, -0.2) is 41.3 Å². The summed E-state index contributed by atoms with van der Waals surface area (Å²) in [6, 6.07) is 12.1. The molecule has 1 aliphatic rings. The SMILES string of the molecule is Cc1nccn1-c1ccccc1CNC(=O)c1ccc(Cl)c(S(=O)(=O)N2CCCCC2)c1. The molecule has 0 aliphatic carbocycles. The van der Waals surface area contributed by atoms with Gasteiger partial charge < -0.3 is 9.88 Å². The lowest BCUT2D eigenvalue weighted by molar-refractivity contribution is 0.0950. The molecule has 3 aromatic rings. The van der Waals surface area contributed by atoms with E-state index in [0.29, 0.717) is 13.1 Å². The number of benzene rings is 2. The minimum atomic E-state index is -3.75. The van der Waals surface area contributed by atoms with Crippen LogP contribution in [0.3, 0.4) is 0 Å². The fraction of sp³-hybridized carbons (Fsp3) is 0.304. The van der Waals surface area contributed by atoms with E-state index in [9.17, 15) is 13.2 Å². The van der Waals surface area contributed by atoms with Crippen LogP contribution in [0.2, 0.25) is 5.02 Å². The number of aromatic nitrogens is 2. The van der Waals surface area contributed by atoms with Gasteiger partial charge in [0.05, 0.1) is 10.7 Å². The molecule has 1 amide bonds. The molecule has 0 atom stereocenters. The summed E-state index contributed by atoms with van der Waals surface area (Å²) in [4.78, 5) is 17.1. The first kappa shape index (κ1) is 22.5. The van der Waals surface area contributed by atoms with Crippen LogP contribution in [-0.2, 0) is 16.6 Å². The number of hydrogen-bond donors (Lipinski definition) is 1. The third kappa shape index (κ3) is 4.57. The van der Waals surface area contributed by atoms with Crippen molar-refractivity contribution in [3.63, 3.8) is 0 Å². The average molecular weight is 473 g/mol. The molecule has 0 unspecified atom stereocenters. The molecular formula is C23H25ClN4O3S. The van der Waals surface area contributed by atoms with Crippen LogP contribution >= 0.6 is 11.6 Å². The molecule has 1 N–H and O–H groups in total. The minimum Gasteiger partial charge on any atom is -0.348 e. The van der Waals surface area contributed by atoms with Gasteiger partial charge in [-0.1, -0.05) is 36.2 Å². The van der Waals surface area contributed by atoms with E-state index in [1.54, 1.807) is 12.3 Å². The Morgan fingerprint density at radius 1 is 1.12 bits per heavy atom. The molecule has 2 aromatic carbocycles. The van der Waals surface area contributed by atoms with Crippen LogP contribution in [0.1, 0.15) is 41.0 Å². The van der Waals surface area contributed by atoms with E-state index in [1.165, 1.54) is 16.4 Å². The number of imidazole rings is 1. The number of rotatable bonds is 6. The second-order valence-electron chi connectivity index (χ2n) is 7.77. The molecule has 1 saturated heterocycles. The summed E-state index contributed by atoms with van der Waals surface area (Å²) in [7, 11) is -3.75. The molecule has 2 heterocycles. The Morgan fingerprint density at radius 3 is 2.59 bits per heavy atom. The van der Waals surface area contributed by atoms with Crippen molar-refractivity contribution in [1.82, 2.24) is 19.2 Å². The second kappa shape index (κ2) is 9.44. The molecule has 4 rings (SSSR count). The highest BCUT2D eigenvalue weighted by atomic mass is 35.5. The number of aryl methyl sites for hydroxylation is 1. The van der Waals surface area contributed by atoms with Gasteiger partial charge in [0.2, 0.25) is 10.0 Å². The lowest BCUT2D eigenvalue weighted by Crippen LogP contribution is -2.36. The Kier molecular flexibility index (Phi) is 6.64. The first-order valence-electron chi connectivity index (χ1n) is 10.5. The summed E-state index contributed by atoms with van der Waals surface area (Å²) in [6.45, 7) is 3.13. The number of halogens is 1. The van der Waals surface area contributed by atoms with Crippen LogP contribution in [0.5, 0.6) is 0 Å². The Bertz CT molecular complexity index is 1230. The van der Waals surface area contributed by atoms with E-state index < -0.39 is 10.0 Å². The highest BCUT2D eigenvalue weighted by Crippen LogP contribution is 2.28. The molecule has 0 bridgehead atoms. The quantitative estimate of drug-likeness (QED) is 0.589. The Labute approximate surface area is 193 Å². The first-order chi connectivity index (χ1) is 15.4. The van der Waals surface area contributed by atoms with Gasteiger partial charge in [0.1, 0.15) is 10.7 Å². The number of hydrogen-bond acceptors (Lipinski definition) is 4. The van der Waals surface area contributed by atoms with Crippen molar-refractivity contribution in [3.05, 3.63) is 76.8 Å². The van der Waals surface area contributed by atoms with Crippen LogP contribution in [0.25, 0.3) is 5.69 Å². The lowest BCUT2D eigenvalue weighted by Gasteiger charge is -2.26. The fourth-order valence-corrected chi connectivity index (χ4v) is 5.91. The molecule has 1 aliphatic heterocycles. The molecule has 0 radical (unpaired) electrons. The van der Waals surface area contributed by atoms with Crippen LogP contribution in [0.4, 0.5) is 0 Å². The molecular weight excluding hydrogens is 448 g/mol. The van der Waals surface area contributed by atoms with Gasteiger partial charge in [-0.15, -0.1) is 0 Å². The maximum Gasteiger partial charge on any atom is 0.251 e. The number of amides is 1. The molecule has 9 heteroatoms. The van der Waals surface area contributed by atoms with E-state index in [4.69, 9.17) is 11.6 Å². The molecule has 1 aromatic heterocycles.